The topological polar surface area (TPSA) is 81.1 Å². The lowest BCUT2D eigenvalue weighted by molar-refractivity contribution is -0.141. The smallest absolute Gasteiger partial charge is 0.326 e. The Kier molecular flexibility index (Phi) is 3.12. The lowest BCUT2D eigenvalue weighted by Gasteiger charge is -2.40. The van der Waals surface area contributed by atoms with Gasteiger partial charge in [-0.15, -0.1) is 0 Å². The molecule has 0 aromatic heterocycles. The molecule has 19 heavy (non-hydrogen) atoms. The van der Waals surface area contributed by atoms with Gasteiger partial charge in [0, 0.05) is 18.6 Å². The van der Waals surface area contributed by atoms with Gasteiger partial charge in [-0.25, -0.2) is 9.59 Å². The molecule has 2 N–H and O–H groups in total. The summed E-state index contributed by atoms with van der Waals surface area (Å²) in [5.41, 5.74) is 0. The molecule has 0 aromatic carbocycles. The van der Waals surface area contributed by atoms with E-state index in [4.69, 9.17) is 5.11 Å². The van der Waals surface area contributed by atoms with Crippen LogP contribution in [0.5, 0.6) is 0 Å². The Labute approximate surface area is 112 Å². The van der Waals surface area contributed by atoms with E-state index in [9.17, 15) is 14.7 Å². The molecule has 3 unspecified atom stereocenters. The van der Waals surface area contributed by atoms with E-state index in [0.717, 1.165) is 19.3 Å². The van der Waals surface area contributed by atoms with E-state index in [0.29, 0.717) is 25.8 Å². The zero-order chi connectivity index (χ0) is 13.6. The highest BCUT2D eigenvalue weighted by molar-refractivity contribution is 5.84. The molecule has 0 radical (unpaired) electrons. The molecular weight excluding hydrogens is 248 g/mol. The highest BCUT2D eigenvalue weighted by atomic mass is 16.4. The van der Waals surface area contributed by atoms with Gasteiger partial charge in [0.1, 0.15) is 6.04 Å². The number of urea groups is 1. The molecule has 3 fully saturated rings. The van der Waals surface area contributed by atoms with Crippen molar-refractivity contribution in [2.75, 3.05) is 6.54 Å². The number of fused-ring (bicyclic) bond motifs is 2. The van der Waals surface area contributed by atoms with E-state index in [-0.39, 0.29) is 24.2 Å². The van der Waals surface area contributed by atoms with Crippen LogP contribution < -0.4 is 0 Å². The van der Waals surface area contributed by atoms with E-state index in [2.05, 4.69) is 0 Å². The number of rotatable bonds is 1. The summed E-state index contributed by atoms with van der Waals surface area (Å²) in [5.74, 6) is -0.907. The predicted octanol–water partition coefficient (Wildman–Crippen LogP) is 0.643. The number of carboxylic acid groups (broad SMARTS) is 1. The molecular formula is C13H20N2O4. The summed E-state index contributed by atoms with van der Waals surface area (Å²) in [6.07, 6.45) is 4.12. The summed E-state index contributed by atoms with van der Waals surface area (Å²) in [6.45, 7) is 0.536. The van der Waals surface area contributed by atoms with Crippen LogP contribution in [0.15, 0.2) is 0 Å². The predicted molar refractivity (Wildman–Crippen MR) is 66.6 cm³/mol. The third kappa shape index (κ3) is 2.08. The standard InChI is InChI=1S/C13H20N2O4/c16-10-6-8-3-4-9(7-10)15(8)13(19)14-5-1-2-11(14)12(17)18/h8-11,16H,1-7H2,(H,17,18). The fraction of sp³-hybridized carbons (Fsp3) is 0.846. The average Bonchev–Trinajstić information content (AvgIpc) is 2.92. The number of likely N-dealkylation sites (tertiary alicyclic amines) is 1. The van der Waals surface area contributed by atoms with Gasteiger partial charge >= 0.3 is 12.0 Å². The second-order valence-corrected chi connectivity index (χ2v) is 5.89. The number of aliphatic carboxylic acids is 1. The average molecular weight is 268 g/mol. The normalized spacial score (nSPS) is 37.7. The first-order valence-electron chi connectivity index (χ1n) is 7.07. The molecule has 6 heteroatoms. The van der Waals surface area contributed by atoms with Gasteiger partial charge in [-0.3, -0.25) is 0 Å². The first-order chi connectivity index (χ1) is 9.08. The number of carboxylic acids is 1. The van der Waals surface area contributed by atoms with Crippen LogP contribution in [0.2, 0.25) is 0 Å². The number of piperidine rings is 1. The van der Waals surface area contributed by atoms with Crippen LogP contribution >= 0.6 is 0 Å². The molecule has 2 amide bonds. The first kappa shape index (κ1) is 12.7. The third-order valence-corrected chi connectivity index (χ3v) is 4.71. The fourth-order valence-electron chi connectivity index (χ4n) is 3.86. The first-order valence-corrected chi connectivity index (χ1v) is 7.07. The van der Waals surface area contributed by atoms with E-state index < -0.39 is 12.0 Å². The number of nitrogens with zero attached hydrogens (tertiary/aromatic N) is 2. The van der Waals surface area contributed by atoms with Crippen molar-refractivity contribution in [3.8, 4) is 0 Å². The van der Waals surface area contributed by atoms with Gasteiger partial charge in [-0.2, -0.15) is 0 Å². The molecule has 3 atom stereocenters. The Bertz CT molecular complexity index is 386. The van der Waals surface area contributed by atoms with Crippen molar-refractivity contribution in [3.05, 3.63) is 0 Å². The van der Waals surface area contributed by atoms with E-state index in [1.807, 2.05) is 4.90 Å². The molecule has 3 aliphatic rings. The molecule has 0 spiro atoms. The maximum Gasteiger partial charge on any atom is 0.326 e. The number of aliphatic hydroxyl groups is 1. The molecule has 3 saturated heterocycles. The Balaban J connectivity index is 1.76. The summed E-state index contributed by atoms with van der Waals surface area (Å²) in [4.78, 5) is 27.1. The zero-order valence-electron chi connectivity index (χ0n) is 10.9. The van der Waals surface area contributed by atoms with Gasteiger partial charge in [0.15, 0.2) is 0 Å². The van der Waals surface area contributed by atoms with Crippen molar-refractivity contribution in [2.24, 2.45) is 0 Å². The van der Waals surface area contributed by atoms with Crippen molar-refractivity contribution in [3.63, 3.8) is 0 Å². The summed E-state index contributed by atoms with van der Waals surface area (Å²) >= 11 is 0. The minimum absolute atomic E-state index is 0.0938. The lowest BCUT2D eigenvalue weighted by Crippen LogP contribution is -2.55. The van der Waals surface area contributed by atoms with Gasteiger partial charge in [-0.05, 0) is 38.5 Å². The largest absolute Gasteiger partial charge is 0.480 e. The Morgan fingerprint density at radius 2 is 1.68 bits per heavy atom. The minimum atomic E-state index is -0.907. The van der Waals surface area contributed by atoms with Crippen molar-refractivity contribution in [1.29, 1.82) is 0 Å². The van der Waals surface area contributed by atoms with E-state index in [1.165, 1.54) is 4.90 Å². The minimum Gasteiger partial charge on any atom is -0.480 e. The highest BCUT2D eigenvalue weighted by Crippen LogP contribution is 2.37. The summed E-state index contributed by atoms with van der Waals surface area (Å²) in [5, 5.41) is 18.9. The summed E-state index contributed by atoms with van der Waals surface area (Å²) < 4.78 is 0. The second kappa shape index (κ2) is 4.67. The van der Waals surface area contributed by atoms with Crippen molar-refractivity contribution >= 4 is 12.0 Å². The highest BCUT2D eigenvalue weighted by Gasteiger charge is 2.46. The zero-order valence-corrected chi connectivity index (χ0v) is 10.9. The maximum atomic E-state index is 12.6. The number of hydrogen-bond donors (Lipinski definition) is 2. The monoisotopic (exact) mass is 268 g/mol. The number of hydrogen-bond acceptors (Lipinski definition) is 3. The molecule has 106 valence electrons. The van der Waals surface area contributed by atoms with Gasteiger partial charge < -0.3 is 20.0 Å². The van der Waals surface area contributed by atoms with Crippen LogP contribution in [-0.4, -0.2) is 62.8 Å². The van der Waals surface area contributed by atoms with Gasteiger partial charge in [0.25, 0.3) is 0 Å². The molecule has 6 nitrogen and oxygen atoms in total. The molecule has 0 aliphatic carbocycles. The second-order valence-electron chi connectivity index (χ2n) is 5.89. The van der Waals surface area contributed by atoms with Gasteiger partial charge in [0.2, 0.25) is 0 Å². The molecule has 2 bridgehead atoms. The number of carbonyl (C=O) groups is 2. The summed E-state index contributed by atoms with van der Waals surface area (Å²) in [7, 11) is 0. The Morgan fingerprint density at radius 1 is 1.05 bits per heavy atom. The van der Waals surface area contributed by atoms with Crippen LogP contribution in [0.1, 0.15) is 38.5 Å². The SMILES string of the molecule is O=C(O)C1CCCN1C(=O)N1C2CCC1CC(O)C2. The van der Waals surface area contributed by atoms with Crippen molar-refractivity contribution < 1.29 is 19.8 Å². The van der Waals surface area contributed by atoms with Crippen LogP contribution in [0.25, 0.3) is 0 Å². The van der Waals surface area contributed by atoms with Crippen LogP contribution in [-0.2, 0) is 4.79 Å². The molecule has 0 saturated carbocycles. The van der Waals surface area contributed by atoms with Gasteiger partial charge in [-0.1, -0.05) is 0 Å². The van der Waals surface area contributed by atoms with Crippen LogP contribution in [0.4, 0.5) is 4.79 Å². The van der Waals surface area contributed by atoms with Crippen LogP contribution in [0.3, 0.4) is 0 Å². The lowest BCUT2D eigenvalue weighted by atomic mass is 10.0. The molecule has 3 heterocycles. The van der Waals surface area contributed by atoms with E-state index in [1.54, 1.807) is 0 Å². The van der Waals surface area contributed by atoms with Gasteiger partial charge in [0.05, 0.1) is 6.10 Å². The Hall–Kier alpha value is -1.30. The quantitative estimate of drug-likeness (QED) is 0.731. The van der Waals surface area contributed by atoms with Crippen LogP contribution in [0, 0.1) is 0 Å². The Morgan fingerprint density at radius 3 is 2.26 bits per heavy atom. The van der Waals surface area contributed by atoms with Crippen molar-refractivity contribution in [2.45, 2.75) is 62.8 Å². The fourth-order valence-corrected chi connectivity index (χ4v) is 3.86. The third-order valence-electron chi connectivity index (χ3n) is 4.71. The number of amides is 2. The summed E-state index contributed by atoms with van der Waals surface area (Å²) in [6, 6.07) is -0.615. The number of aliphatic hydroxyl groups excluding tert-OH is 1. The molecule has 0 aromatic rings. The maximum absolute atomic E-state index is 12.6. The molecule has 3 aliphatic heterocycles. The van der Waals surface area contributed by atoms with E-state index >= 15 is 0 Å². The molecule has 3 rings (SSSR count). The van der Waals surface area contributed by atoms with Crippen molar-refractivity contribution in [1.82, 2.24) is 9.80 Å². The number of carbonyl (C=O) groups excluding carboxylic acids is 1.